The summed E-state index contributed by atoms with van der Waals surface area (Å²) in [5.74, 6) is 1.24. The van der Waals surface area contributed by atoms with Crippen molar-refractivity contribution in [1.29, 1.82) is 0 Å². The molecule has 10 heavy (non-hydrogen) atoms. The highest BCUT2D eigenvalue weighted by Gasteiger charge is 2.24. The first-order valence-electron chi connectivity index (χ1n) is 3.66. The van der Waals surface area contributed by atoms with E-state index in [0.29, 0.717) is 6.17 Å². The zero-order chi connectivity index (χ0) is 6.81. The van der Waals surface area contributed by atoms with E-state index in [2.05, 4.69) is 9.62 Å². The van der Waals surface area contributed by atoms with Crippen LogP contribution in [0.4, 0.5) is 0 Å². The van der Waals surface area contributed by atoms with Crippen molar-refractivity contribution in [2.45, 2.75) is 12.6 Å². The highest BCUT2D eigenvalue weighted by atomic mass is 32.2. The van der Waals surface area contributed by atoms with Crippen molar-refractivity contribution in [2.24, 2.45) is 0 Å². The van der Waals surface area contributed by atoms with Gasteiger partial charge in [-0.05, 0) is 6.42 Å². The predicted molar refractivity (Wildman–Crippen MR) is 41.5 cm³/mol. The van der Waals surface area contributed by atoms with Crippen LogP contribution in [0.2, 0.25) is 0 Å². The molecule has 0 bridgehead atoms. The molecule has 2 rings (SSSR count). The van der Waals surface area contributed by atoms with Crippen molar-refractivity contribution in [3.8, 4) is 0 Å². The summed E-state index contributed by atoms with van der Waals surface area (Å²) in [6, 6.07) is 0. The molecule has 2 saturated heterocycles. The van der Waals surface area contributed by atoms with E-state index in [-0.39, 0.29) is 0 Å². The maximum atomic E-state index is 5.25. The number of ether oxygens (including phenoxy) is 1. The van der Waals surface area contributed by atoms with Gasteiger partial charge in [-0.1, -0.05) is 11.9 Å². The molecule has 1 N–H and O–H groups in total. The van der Waals surface area contributed by atoms with Crippen LogP contribution in [0.15, 0.2) is 0 Å². The fourth-order valence-electron chi connectivity index (χ4n) is 1.32. The average molecular weight is 160 g/mol. The van der Waals surface area contributed by atoms with E-state index in [9.17, 15) is 0 Å². The summed E-state index contributed by atoms with van der Waals surface area (Å²) < 4.78 is 8.61. The second kappa shape index (κ2) is 3.09. The van der Waals surface area contributed by atoms with Gasteiger partial charge in [-0.25, -0.2) is 4.72 Å². The van der Waals surface area contributed by atoms with E-state index < -0.39 is 0 Å². The second-order valence-corrected chi connectivity index (χ2v) is 3.55. The predicted octanol–water partition coefficient (Wildman–Crippen LogP) is 0.244. The Hall–Kier alpha value is 0.230. The molecule has 2 aliphatic heterocycles. The summed E-state index contributed by atoms with van der Waals surface area (Å²) in [6.45, 7) is 2.82. The molecule has 3 nitrogen and oxygen atoms in total. The lowest BCUT2D eigenvalue weighted by molar-refractivity contribution is 0.112. The quantitative estimate of drug-likeness (QED) is 0.555. The molecule has 0 aromatic carbocycles. The van der Waals surface area contributed by atoms with E-state index >= 15 is 0 Å². The molecule has 0 aliphatic carbocycles. The normalized spacial score (nSPS) is 35.4. The standard InChI is InChI=1S/C6H12N2OS/c1-4-10-7-6(1)8-2-3-9-5-8/h6-7H,1-5H2. The van der Waals surface area contributed by atoms with Gasteiger partial charge < -0.3 is 4.74 Å². The highest BCUT2D eigenvalue weighted by molar-refractivity contribution is 7.97. The molecule has 1 unspecified atom stereocenters. The van der Waals surface area contributed by atoms with E-state index in [0.717, 1.165) is 19.9 Å². The fraction of sp³-hybridized carbons (Fsp3) is 1.00. The first-order chi connectivity index (χ1) is 4.97. The molecule has 0 aromatic rings. The maximum absolute atomic E-state index is 5.25. The van der Waals surface area contributed by atoms with E-state index in [1.807, 2.05) is 11.9 Å². The van der Waals surface area contributed by atoms with Crippen LogP contribution in [0, 0.1) is 0 Å². The molecule has 1 atom stereocenters. The number of nitrogens with one attached hydrogen (secondary N) is 1. The Labute approximate surface area is 65.2 Å². The van der Waals surface area contributed by atoms with Gasteiger partial charge in [-0.15, -0.1) is 0 Å². The van der Waals surface area contributed by atoms with Gasteiger partial charge in [0, 0.05) is 12.3 Å². The third kappa shape index (κ3) is 1.29. The molecular formula is C6H12N2OS. The molecular weight excluding hydrogens is 148 g/mol. The van der Waals surface area contributed by atoms with Crippen molar-refractivity contribution in [2.75, 3.05) is 25.6 Å². The van der Waals surface area contributed by atoms with Crippen LogP contribution in [0.25, 0.3) is 0 Å². The van der Waals surface area contributed by atoms with Crippen LogP contribution in [-0.4, -0.2) is 36.7 Å². The van der Waals surface area contributed by atoms with Crippen molar-refractivity contribution >= 4 is 11.9 Å². The van der Waals surface area contributed by atoms with Crippen molar-refractivity contribution in [3.63, 3.8) is 0 Å². The topological polar surface area (TPSA) is 24.5 Å². The van der Waals surface area contributed by atoms with Crippen molar-refractivity contribution < 1.29 is 4.74 Å². The highest BCUT2D eigenvalue weighted by Crippen LogP contribution is 2.17. The lowest BCUT2D eigenvalue weighted by Crippen LogP contribution is -2.38. The summed E-state index contributed by atoms with van der Waals surface area (Å²) in [5, 5.41) is 0. The van der Waals surface area contributed by atoms with Gasteiger partial charge in [0.1, 0.15) is 6.73 Å². The Morgan fingerprint density at radius 2 is 2.60 bits per heavy atom. The first kappa shape index (κ1) is 6.91. The van der Waals surface area contributed by atoms with Crippen LogP contribution in [0.1, 0.15) is 6.42 Å². The van der Waals surface area contributed by atoms with Crippen LogP contribution < -0.4 is 4.72 Å². The SMILES string of the molecule is C1CN(C2CCSN2)CO1. The molecule has 4 heteroatoms. The number of hydrogen-bond acceptors (Lipinski definition) is 4. The second-order valence-electron chi connectivity index (χ2n) is 2.62. The molecule has 0 aromatic heterocycles. The lowest BCUT2D eigenvalue weighted by atomic mass is 10.3. The number of rotatable bonds is 1. The Morgan fingerprint density at radius 3 is 3.20 bits per heavy atom. The molecule has 0 radical (unpaired) electrons. The average Bonchev–Trinajstić information content (AvgIpc) is 2.59. The van der Waals surface area contributed by atoms with Gasteiger partial charge in [-0.3, -0.25) is 4.90 Å². The summed E-state index contributed by atoms with van der Waals surface area (Å²) in [6.07, 6.45) is 1.83. The minimum Gasteiger partial charge on any atom is -0.365 e. The van der Waals surface area contributed by atoms with Gasteiger partial charge in [-0.2, -0.15) is 0 Å². The molecule has 0 amide bonds. The Kier molecular flexibility index (Phi) is 2.13. The summed E-state index contributed by atoms with van der Waals surface area (Å²) >= 11 is 1.82. The number of hydrogen-bond donors (Lipinski definition) is 1. The molecule has 0 spiro atoms. The Bertz CT molecular complexity index is 96.3. The molecule has 2 aliphatic rings. The Morgan fingerprint density at radius 1 is 1.60 bits per heavy atom. The van der Waals surface area contributed by atoms with Crippen LogP contribution in [0.5, 0.6) is 0 Å². The smallest absolute Gasteiger partial charge is 0.100 e. The van der Waals surface area contributed by atoms with E-state index in [1.165, 1.54) is 12.2 Å². The van der Waals surface area contributed by atoms with Crippen LogP contribution in [0.3, 0.4) is 0 Å². The molecule has 58 valence electrons. The molecule has 2 heterocycles. The minimum absolute atomic E-state index is 0.576. The van der Waals surface area contributed by atoms with Gasteiger partial charge in [0.05, 0.1) is 12.8 Å². The lowest BCUT2D eigenvalue weighted by Gasteiger charge is -2.20. The van der Waals surface area contributed by atoms with Crippen LogP contribution >= 0.6 is 11.9 Å². The summed E-state index contributed by atoms with van der Waals surface area (Å²) in [4.78, 5) is 2.35. The van der Waals surface area contributed by atoms with E-state index in [1.54, 1.807) is 0 Å². The van der Waals surface area contributed by atoms with Crippen molar-refractivity contribution in [3.05, 3.63) is 0 Å². The Balaban J connectivity index is 1.85. The van der Waals surface area contributed by atoms with Crippen molar-refractivity contribution in [1.82, 2.24) is 9.62 Å². The van der Waals surface area contributed by atoms with Crippen LogP contribution in [-0.2, 0) is 4.74 Å². The van der Waals surface area contributed by atoms with Gasteiger partial charge in [0.2, 0.25) is 0 Å². The van der Waals surface area contributed by atoms with E-state index in [4.69, 9.17) is 4.74 Å². The zero-order valence-electron chi connectivity index (χ0n) is 5.88. The molecule has 0 saturated carbocycles. The fourth-order valence-corrected chi connectivity index (χ4v) is 2.23. The number of nitrogens with zero attached hydrogens (tertiary/aromatic N) is 1. The monoisotopic (exact) mass is 160 g/mol. The summed E-state index contributed by atoms with van der Waals surface area (Å²) in [7, 11) is 0. The van der Waals surface area contributed by atoms with Gasteiger partial charge in [0.15, 0.2) is 0 Å². The van der Waals surface area contributed by atoms with Gasteiger partial charge in [0.25, 0.3) is 0 Å². The zero-order valence-corrected chi connectivity index (χ0v) is 6.69. The summed E-state index contributed by atoms with van der Waals surface area (Å²) in [5.41, 5.74) is 0. The first-order valence-corrected chi connectivity index (χ1v) is 4.64. The van der Waals surface area contributed by atoms with Gasteiger partial charge >= 0.3 is 0 Å². The minimum atomic E-state index is 0.576. The largest absolute Gasteiger partial charge is 0.365 e. The maximum Gasteiger partial charge on any atom is 0.100 e. The third-order valence-electron chi connectivity index (χ3n) is 1.93. The third-order valence-corrected chi connectivity index (χ3v) is 2.81. The molecule has 2 fully saturated rings.